The van der Waals surface area contributed by atoms with Crippen molar-refractivity contribution < 1.29 is 17.2 Å². The first kappa shape index (κ1) is 21.3. The second-order valence-electron chi connectivity index (χ2n) is 6.81. The van der Waals surface area contributed by atoms with Crippen LogP contribution < -0.4 is 9.92 Å². The maximum absolute atomic E-state index is 13.3. The van der Waals surface area contributed by atoms with E-state index >= 15 is 0 Å². The molecule has 0 radical (unpaired) electrons. The molecule has 0 saturated carbocycles. The number of hydrogen-bond donors (Lipinski definition) is 1. The summed E-state index contributed by atoms with van der Waals surface area (Å²) in [7, 11) is 1.22. The Hall–Kier alpha value is -1.90. The van der Waals surface area contributed by atoms with Gasteiger partial charge < -0.3 is 9.92 Å². The fourth-order valence-corrected chi connectivity index (χ4v) is 4.54. The van der Waals surface area contributed by atoms with E-state index in [2.05, 4.69) is 15.9 Å². The van der Waals surface area contributed by atoms with Crippen LogP contribution in [0.25, 0.3) is 0 Å². The number of benzene rings is 2. The largest absolute Gasteiger partial charge is 0.396 e. The van der Waals surface area contributed by atoms with Gasteiger partial charge in [-0.05, 0) is 51.1 Å². The molecule has 2 aromatic carbocycles. The zero-order valence-electron chi connectivity index (χ0n) is 15.6. The van der Waals surface area contributed by atoms with Crippen LogP contribution in [0.5, 0.6) is 5.75 Å². The first-order valence-corrected chi connectivity index (χ1v) is 11.5. The van der Waals surface area contributed by atoms with Gasteiger partial charge in [0.15, 0.2) is 11.5 Å². The standard InChI is InChI=1S/C19H18BrF2N4O2PS/c20-14-6-1-4-12(10-14)18(16-24-8-3-9-26(16)17(23)25-18)13-5-2-7-15(11-13)28-30(27)19(21,22)29/h1-2,4-7,10-11H,3,8-9,29H2,(H2,23,25). The molecule has 30 heavy (non-hydrogen) atoms. The van der Waals surface area contributed by atoms with Crippen LogP contribution in [-0.4, -0.2) is 39.0 Å². The quantitative estimate of drug-likeness (QED) is 0.618. The van der Waals surface area contributed by atoms with Crippen LogP contribution in [0.4, 0.5) is 8.78 Å². The summed E-state index contributed by atoms with van der Waals surface area (Å²) in [5, 5.41) is 0. The zero-order valence-corrected chi connectivity index (χ0v) is 19.2. The molecule has 0 amide bonds. The Morgan fingerprint density at radius 3 is 2.63 bits per heavy atom. The highest BCUT2D eigenvalue weighted by Gasteiger charge is 2.49. The minimum atomic E-state index is -3.57. The monoisotopic (exact) mass is 514 g/mol. The Bertz CT molecular complexity index is 1080. The lowest BCUT2D eigenvalue weighted by Crippen LogP contribution is -2.46. The molecule has 3 unspecified atom stereocenters. The number of guanidine groups is 1. The lowest BCUT2D eigenvalue weighted by atomic mass is 9.82. The maximum Gasteiger partial charge on any atom is 0.366 e. The lowest BCUT2D eigenvalue weighted by Gasteiger charge is -2.33. The molecule has 4 rings (SSSR count). The smallest absolute Gasteiger partial charge is 0.366 e. The van der Waals surface area contributed by atoms with E-state index in [1.807, 2.05) is 29.2 Å². The molecule has 0 fully saturated rings. The van der Waals surface area contributed by atoms with Crippen LogP contribution in [0.15, 0.2) is 63.0 Å². The van der Waals surface area contributed by atoms with Crippen molar-refractivity contribution >= 4 is 48.0 Å². The highest BCUT2D eigenvalue weighted by molar-refractivity contribution is 9.10. The van der Waals surface area contributed by atoms with Crippen molar-refractivity contribution in [1.82, 2.24) is 4.90 Å². The summed E-state index contributed by atoms with van der Waals surface area (Å²) in [5.74, 6) is 1.03. The SMILES string of the molecule is NC1=NC(c2cccc(Br)c2)(c2cccc(OS(=O)C(F)(F)P)c2)C2=NCCCN12. The van der Waals surface area contributed by atoms with E-state index in [0.29, 0.717) is 30.4 Å². The number of amidine groups is 1. The molecule has 2 heterocycles. The fraction of sp³-hybridized carbons (Fsp3) is 0.263. The van der Waals surface area contributed by atoms with Crippen molar-refractivity contribution in [2.45, 2.75) is 17.0 Å². The Morgan fingerprint density at radius 2 is 1.93 bits per heavy atom. The number of halogens is 3. The van der Waals surface area contributed by atoms with Crippen molar-refractivity contribution in [1.29, 1.82) is 0 Å². The van der Waals surface area contributed by atoms with Crippen LogP contribution in [0, 0.1) is 0 Å². The van der Waals surface area contributed by atoms with Gasteiger partial charge in [-0.1, -0.05) is 40.2 Å². The lowest BCUT2D eigenvalue weighted by molar-refractivity contribution is 0.193. The molecule has 0 saturated heterocycles. The second kappa shape index (κ2) is 7.98. The summed E-state index contributed by atoms with van der Waals surface area (Å²) in [5.41, 5.74) is 6.61. The van der Waals surface area contributed by atoms with Gasteiger partial charge >= 0.3 is 5.00 Å². The summed E-state index contributed by atoms with van der Waals surface area (Å²) < 4.78 is 44.3. The maximum atomic E-state index is 13.3. The summed E-state index contributed by atoms with van der Waals surface area (Å²) in [6.45, 7) is 1.31. The van der Waals surface area contributed by atoms with Gasteiger partial charge in [-0.15, -0.1) is 0 Å². The van der Waals surface area contributed by atoms with E-state index in [9.17, 15) is 13.0 Å². The number of rotatable bonds is 5. The molecule has 0 aliphatic carbocycles. The summed E-state index contributed by atoms with van der Waals surface area (Å²) in [6, 6.07) is 14.0. The third kappa shape index (κ3) is 3.76. The predicted molar refractivity (Wildman–Crippen MR) is 120 cm³/mol. The molecule has 11 heteroatoms. The van der Waals surface area contributed by atoms with Gasteiger partial charge in [0.1, 0.15) is 11.6 Å². The molecular formula is C19H18BrF2N4O2PS. The highest BCUT2D eigenvalue weighted by atomic mass is 79.9. The van der Waals surface area contributed by atoms with E-state index in [4.69, 9.17) is 19.9 Å². The minimum Gasteiger partial charge on any atom is -0.396 e. The summed E-state index contributed by atoms with van der Waals surface area (Å²) in [6.07, 6.45) is 0.847. The van der Waals surface area contributed by atoms with Crippen LogP contribution >= 0.6 is 25.2 Å². The molecule has 0 spiro atoms. The predicted octanol–water partition coefficient (Wildman–Crippen LogP) is 3.59. The number of alkyl halides is 2. The summed E-state index contributed by atoms with van der Waals surface area (Å²) >= 11 is 0.641. The van der Waals surface area contributed by atoms with Gasteiger partial charge in [-0.25, -0.2) is 9.20 Å². The number of aliphatic imine (C=N–C) groups is 2. The van der Waals surface area contributed by atoms with E-state index in [-0.39, 0.29) is 5.75 Å². The van der Waals surface area contributed by atoms with Gasteiger partial charge in [0.2, 0.25) is 0 Å². The average Bonchev–Trinajstić information content (AvgIpc) is 3.01. The van der Waals surface area contributed by atoms with Crippen molar-refractivity contribution in [2.24, 2.45) is 15.7 Å². The van der Waals surface area contributed by atoms with Crippen LogP contribution in [-0.2, 0) is 16.6 Å². The number of fused-ring (bicyclic) bond motifs is 1. The van der Waals surface area contributed by atoms with Crippen LogP contribution in [0.3, 0.4) is 0 Å². The Balaban J connectivity index is 1.88. The van der Waals surface area contributed by atoms with Crippen molar-refractivity contribution in [2.75, 3.05) is 13.1 Å². The van der Waals surface area contributed by atoms with Crippen LogP contribution in [0.1, 0.15) is 17.5 Å². The fourth-order valence-electron chi connectivity index (χ4n) is 3.60. The van der Waals surface area contributed by atoms with Crippen LogP contribution in [0.2, 0.25) is 0 Å². The van der Waals surface area contributed by atoms with Crippen molar-refractivity contribution in [3.05, 3.63) is 64.1 Å². The topological polar surface area (TPSA) is 80.3 Å². The number of nitrogens with two attached hydrogens (primary N) is 1. The molecular weight excluding hydrogens is 497 g/mol. The Kier molecular flexibility index (Phi) is 5.67. The van der Waals surface area contributed by atoms with Gasteiger partial charge in [-0.3, -0.25) is 9.89 Å². The molecule has 2 aromatic rings. The number of hydrogen-bond acceptors (Lipinski definition) is 6. The molecule has 2 aliphatic heterocycles. The molecule has 3 atom stereocenters. The molecule has 0 bridgehead atoms. The van der Waals surface area contributed by atoms with Gasteiger partial charge in [0, 0.05) is 17.6 Å². The van der Waals surface area contributed by atoms with E-state index in [0.717, 1.165) is 16.5 Å². The normalized spacial score (nSPS) is 22.2. The van der Waals surface area contributed by atoms with E-state index < -0.39 is 21.6 Å². The van der Waals surface area contributed by atoms with Gasteiger partial charge in [-0.2, -0.15) is 8.78 Å². The Morgan fingerprint density at radius 1 is 1.23 bits per heavy atom. The molecule has 0 aromatic heterocycles. The third-order valence-electron chi connectivity index (χ3n) is 4.83. The third-order valence-corrected chi connectivity index (χ3v) is 6.69. The second-order valence-corrected chi connectivity index (χ2v) is 10.0. The first-order valence-electron chi connectivity index (χ1n) is 9.03. The average molecular weight is 515 g/mol. The number of nitrogens with zero attached hydrogens (tertiary/aromatic N) is 3. The van der Waals surface area contributed by atoms with Gasteiger partial charge in [0.05, 0.1) is 0 Å². The highest BCUT2D eigenvalue weighted by Crippen LogP contribution is 2.43. The van der Waals surface area contributed by atoms with Crippen molar-refractivity contribution in [3.8, 4) is 5.75 Å². The summed E-state index contributed by atoms with van der Waals surface area (Å²) in [4.78, 5) is 7.81. The molecule has 158 valence electrons. The molecule has 2 aliphatic rings. The first-order chi connectivity index (χ1) is 14.2. The van der Waals surface area contributed by atoms with E-state index in [1.165, 1.54) is 15.3 Å². The van der Waals surface area contributed by atoms with Gasteiger partial charge in [0.25, 0.3) is 11.1 Å². The Labute approximate surface area is 185 Å². The van der Waals surface area contributed by atoms with Crippen molar-refractivity contribution in [3.63, 3.8) is 0 Å². The zero-order chi connectivity index (χ0) is 21.5. The minimum absolute atomic E-state index is 0.0333. The van der Waals surface area contributed by atoms with E-state index in [1.54, 1.807) is 18.2 Å². The molecule has 6 nitrogen and oxygen atoms in total. The molecule has 2 N–H and O–H groups in total.